The maximum atomic E-state index is 12.1. The molecular formula is C21H34N4O2S. The zero-order valence-electron chi connectivity index (χ0n) is 17.2. The number of aromatic nitrogens is 1. The Kier molecular flexibility index (Phi) is 8.13. The fourth-order valence-corrected chi connectivity index (χ4v) is 5.43. The molecule has 0 amide bonds. The topological polar surface area (TPSA) is 75.6 Å². The predicted molar refractivity (Wildman–Crippen MR) is 115 cm³/mol. The van der Waals surface area contributed by atoms with E-state index in [0.717, 1.165) is 61.7 Å². The highest BCUT2D eigenvalue weighted by Crippen LogP contribution is 2.24. The zero-order chi connectivity index (χ0) is 19.8. The second-order valence-corrected chi connectivity index (χ2v) is 9.76. The first-order valence-electron chi connectivity index (χ1n) is 10.6. The molecule has 0 saturated heterocycles. The summed E-state index contributed by atoms with van der Waals surface area (Å²) < 4.78 is 18.1. The van der Waals surface area contributed by atoms with Gasteiger partial charge in [0.05, 0.1) is 0 Å². The average Bonchev–Trinajstić information content (AvgIpc) is 3.24. The highest BCUT2D eigenvalue weighted by molar-refractivity contribution is 7.85. The van der Waals surface area contributed by atoms with Crippen molar-refractivity contribution in [3.05, 3.63) is 23.9 Å². The molecule has 0 radical (unpaired) electrons. The number of hydrogen-bond donors (Lipinski definition) is 2. The SMILES string of the molecule is CCS(=O)C1CCCC(NC(=NC)NCc2ccc(OC3CCCC3)nc2)C1. The largest absolute Gasteiger partial charge is 0.474 e. The maximum absolute atomic E-state index is 12.1. The highest BCUT2D eigenvalue weighted by atomic mass is 32.2. The van der Waals surface area contributed by atoms with Gasteiger partial charge in [0.1, 0.15) is 6.10 Å². The van der Waals surface area contributed by atoms with Gasteiger partial charge < -0.3 is 15.4 Å². The van der Waals surface area contributed by atoms with Gasteiger partial charge in [-0.3, -0.25) is 9.20 Å². The molecule has 28 heavy (non-hydrogen) atoms. The van der Waals surface area contributed by atoms with Gasteiger partial charge >= 0.3 is 0 Å². The molecule has 156 valence electrons. The van der Waals surface area contributed by atoms with Gasteiger partial charge in [0.25, 0.3) is 0 Å². The second-order valence-electron chi connectivity index (χ2n) is 7.75. The molecule has 1 aromatic rings. The molecule has 3 rings (SSSR count). The normalized spacial score (nSPS) is 24.7. The van der Waals surface area contributed by atoms with Gasteiger partial charge in [-0.2, -0.15) is 0 Å². The van der Waals surface area contributed by atoms with Crippen LogP contribution in [0.2, 0.25) is 0 Å². The van der Waals surface area contributed by atoms with Gasteiger partial charge in [0.2, 0.25) is 5.88 Å². The summed E-state index contributed by atoms with van der Waals surface area (Å²) >= 11 is 0. The van der Waals surface area contributed by atoms with E-state index in [9.17, 15) is 4.21 Å². The minimum Gasteiger partial charge on any atom is -0.474 e. The van der Waals surface area contributed by atoms with Crippen molar-refractivity contribution in [1.82, 2.24) is 15.6 Å². The van der Waals surface area contributed by atoms with Crippen LogP contribution in [0, 0.1) is 0 Å². The van der Waals surface area contributed by atoms with E-state index in [-0.39, 0.29) is 0 Å². The van der Waals surface area contributed by atoms with Crippen molar-refractivity contribution in [3.8, 4) is 5.88 Å². The molecule has 2 aliphatic carbocycles. The van der Waals surface area contributed by atoms with E-state index in [4.69, 9.17) is 4.74 Å². The Bertz CT molecular complexity index is 659. The van der Waals surface area contributed by atoms with Crippen LogP contribution in [0.3, 0.4) is 0 Å². The third-order valence-electron chi connectivity index (χ3n) is 5.69. The van der Waals surface area contributed by atoms with E-state index in [1.165, 1.54) is 12.8 Å². The van der Waals surface area contributed by atoms with Crippen molar-refractivity contribution >= 4 is 16.8 Å². The summed E-state index contributed by atoms with van der Waals surface area (Å²) in [5.74, 6) is 2.26. The first-order chi connectivity index (χ1) is 13.7. The number of guanidine groups is 1. The smallest absolute Gasteiger partial charge is 0.213 e. The number of pyridine rings is 1. The monoisotopic (exact) mass is 406 g/mol. The summed E-state index contributed by atoms with van der Waals surface area (Å²) in [4.78, 5) is 8.79. The molecule has 2 aliphatic rings. The fraction of sp³-hybridized carbons (Fsp3) is 0.714. The Morgan fingerprint density at radius 1 is 1.25 bits per heavy atom. The molecule has 0 bridgehead atoms. The second kappa shape index (κ2) is 10.8. The minimum absolute atomic E-state index is 0.311. The molecule has 3 atom stereocenters. The number of nitrogens with zero attached hydrogens (tertiary/aromatic N) is 2. The van der Waals surface area contributed by atoms with E-state index >= 15 is 0 Å². The number of aliphatic imine (C=N–C) groups is 1. The molecule has 1 heterocycles. The summed E-state index contributed by atoms with van der Waals surface area (Å²) in [7, 11) is 1.08. The Hall–Kier alpha value is -1.63. The third kappa shape index (κ3) is 6.19. The van der Waals surface area contributed by atoms with Crippen molar-refractivity contribution in [2.75, 3.05) is 12.8 Å². The lowest BCUT2D eigenvalue weighted by atomic mass is 9.95. The number of ether oxygens (including phenoxy) is 1. The van der Waals surface area contributed by atoms with Gasteiger partial charge in [-0.25, -0.2) is 4.98 Å². The Labute approximate surface area is 171 Å². The maximum Gasteiger partial charge on any atom is 0.213 e. The number of hydrogen-bond acceptors (Lipinski definition) is 4. The van der Waals surface area contributed by atoms with E-state index < -0.39 is 10.8 Å². The summed E-state index contributed by atoms with van der Waals surface area (Å²) in [5.41, 5.74) is 1.09. The molecule has 0 spiro atoms. The lowest BCUT2D eigenvalue weighted by Crippen LogP contribution is -2.46. The molecule has 7 heteroatoms. The van der Waals surface area contributed by atoms with E-state index in [1.54, 1.807) is 7.05 Å². The molecule has 2 saturated carbocycles. The average molecular weight is 407 g/mol. The van der Waals surface area contributed by atoms with Crippen molar-refractivity contribution in [2.24, 2.45) is 4.99 Å². The molecule has 3 unspecified atom stereocenters. The van der Waals surface area contributed by atoms with Crippen LogP contribution < -0.4 is 15.4 Å². The van der Waals surface area contributed by atoms with Crippen LogP contribution in [-0.2, 0) is 17.3 Å². The molecule has 6 nitrogen and oxygen atoms in total. The summed E-state index contributed by atoms with van der Waals surface area (Å²) in [6.07, 6.45) is 11.3. The van der Waals surface area contributed by atoms with Crippen LogP contribution >= 0.6 is 0 Å². The lowest BCUT2D eigenvalue weighted by molar-refractivity contribution is 0.201. The van der Waals surface area contributed by atoms with Gasteiger partial charge in [0, 0.05) is 53.7 Å². The van der Waals surface area contributed by atoms with Crippen molar-refractivity contribution < 1.29 is 8.95 Å². The van der Waals surface area contributed by atoms with E-state index in [2.05, 4.69) is 26.7 Å². The Morgan fingerprint density at radius 2 is 2.07 bits per heavy atom. The molecule has 0 aliphatic heterocycles. The molecule has 2 N–H and O–H groups in total. The third-order valence-corrected chi connectivity index (χ3v) is 7.43. The van der Waals surface area contributed by atoms with Crippen LogP contribution in [0.1, 0.15) is 63.9 Å². The summed E-state index contributed by atoms with van der Waals surface area (Å²) in [6.45, 7) is 2.67. The van der Waals surface area contributed by atoms with Crippen LogP contribution in [0.5, 0.6) is 5.88 Å². The zero-order valence-corrected chi connectivity index (χ0v) is 18.0. The quantitative estimate of drug-likeness (QED) is 0.537. The van der Waals surface area contributed by atoms with Crippen LogP contribution in [0.4, 0.5) is 0 Å². The molecule has 0 aromatic carbocycles. The molecular weight excluding hydrogens is 372 g/mol. The fourth-order valence-electron chi connectivity index (χ4n) is 4.09. The molecule has 2 fully saturated rings. The number of nitrogens with one attached hydrogen (secondary N) is 2. The van der Waals surface area contributed by atoms with Gasteiger partial charge in [-0.15, -0.1) is 0 Å². The lowest BCUT2D eigenvalue weighted by Gasteiger charge is -2.30. The molecule has 1 aromatic heterocycles. The van der Waals surface area contributed by atoms with Crippen molar-refractivity contribution in [3.63, 3.8) is 0 Å². The standard InChI is InChI=1S/C21H34N4O2S/c1-3-28(26)19-10-6-7-17(13-19)25-21(22-2)24-15-16-11-12-20(23-14-16)27-18-8-4-5-9-18/h11-12,14,17-19H,3-10,13,15H2,1-2H3,(H2,22,24,25). The van der Waals surface area contributed by atoms with Crippen LogP contribution in [0.15, 0.2) is 23.3 Å². The van der Waals surface area contributed by atoms with E-state index in [0.29, 0.717) is 23.9 Å². The summed E-state index contributed by atoms with van der Waals surface area (Å²) in [5, 5.41) is 7.18. The first kappa shape index (κ1) is 21.1. The Balaban J connectivity index is 1.45. The van der Waals surface area contributed by atoms with Crippen molar-refractivity contribution in [2.45, 2.75) is 82.2 Å². The van der Waals surface area contributed by atoms with E-state index in [1.807, 2.05) is 19.2 Å². The highest BCUT2D eigenvalue weighted by Gasteiger charge is 2.26. The van der Waals surface area contributed by atoms with Crippen LogP contribution in [0.25, 0.3) is 0 Å². The number of rotatable bonds is 7. The van der Waals surface area contributed by atoms with Gasteiger partial charge in [-0.05, 0) is 50.5 Å². The summed E-state index contributed by atoms with van der Waals surface area (Å²) in [6, 6.07) is 4.34. The Morgan fingerprint density at radius 3 is 2.75 bits per heavy atom. The minimum atomic E-state index is -0.709. The van der Waals surface area contributed by atoms with Crippen molar-refractivity contribution in [1.29, 1.82) is 0 Å². The van der Waals surface area contributed by atoms with Crippen LogP contribution in [-0.4, -0.2) is 45.3 Å². The van der Waals surface area contributed by atoms with Gasteiger partial charge in [0.15, 0.2) is 5.96 Å². The first-order valence-corrected chi connectivity index (χ1v) is 12.0. The van der Waals surface area contributed by atoms with Gasteiger partial charge in [-0.1, -0.05) is 19.4 Å². The predicted octanol–water partition coefficient (Wildman–Crippen LogP) is 3.15.